The third-order valence-electron chi connectivity index (χ3n) is 6.58. The number of nitrogens with zero attached hydrogens (tertiary/aromatic N) is 6. The Morgan fingerprint density at radius 1 is 1.14 bits per heavy atom. The maximum absolute atomic E-state index is 6.10. The quantitative estimate of drug-likeness (QED) is 0.369. The van der Waals surface area contributed by atoms with Gasteiger partial charge in [0.25, 0.3) is 5.88 Å². The number of nitrogens with two attached hydrogens (primary N) is 1. The van der Waals surface area contributed by atoms with E-state index in [1.165, 1.54) is 5.56 Å². The van der Waals surface area contributed by atoms with Crippen LogP contribution >= 0.6 is 0 Å². The van der Waals surface area contributed by atoms with Crippen molar-refractivity contribution in [2.24, 2.45) is 0 Å². The van der Waals surface area contributed by atoms with Gasteiger partial charge in [-0.3, -0.25) is 9.78 Å². The van der Waals surface area contributed by atoms with Crippen LogP contribution in [0.25, 0.3) is 11.3 Å². The molecule has 10 heteroatoms. The summed E-state index contributed by atoms with van der Waals surface area (Å²) in [5, 5.41) is 14.7. The van der Waals surface area contributed by atoms with Crippen molar-refractivity contribution in [2.75, 3.05) is 31.2 Å². The number of aromatic amines is 1. The van der Waals surface area contributed by atoms with E-state index in [1.54, 1.807) is 18.6 Å². The topological polar surface area (TPSA) is 123 Å². The normalized spacial score (nSPS) is 14.8. The van der Waals surface area contributed by atoms with Gasteiger partial charge < -0.3 is 20.7 Å². The predicted octanol–water partition coefficient (Wildman–Crippen LogP) is 3.93. The monoisotopic (exact) mass is 473 g/mol. The molecular weight excluding hydrogens is 442 g/mol. The van der Waals surface area contributed by atoms with Gasteiger partial charge in [0.15, 0.2) is 11.6 Å². The van der Waals surface area contributed by atoms with Crippen LogP contribution in [0.3, 0.4) is 0 Å². The van der Waals surface area contributed by atoms with E-state index in [0.29, 0.717) is 24.0 Å². The average Bonchev–Trinajstić information content (AvgIpc) is 3.53. The Kier molecular flexibility index (Phi) is 6.37. The minimum Gasteiger partial charge on any atom is -0.433 e. The highest BCUT2D eigenvalue weighted by atomic mass is 16.5. The average molecular weight is 474 g/mol. The first-order valence-corrected chi connectivity index (χ1v) is 11.8. The number of ether oxygens (including phenoxy) is 1. The number of aromatic nitrogens is 6. The molecule has 182 valence electrons. The van der Waals surface area contributed by atoms with Crippen LogP contribution < -0.4 is 15.8 Å². The molecule has 1 fully saturated rings. The van der Waals surface area contributed by atoms with Crippen molar-refractivity contribution >= 4 is 11.5 Å². The summed E-state index contributed by atoms with van der Waals surface area (Å²) in [6, 6.07) is 4.61. The molecule has 0 atom stereocenters. The van der Waals surface area contributed by atoms with E-state index in [4.69, 9.17) is 10.5 Å². The summed E-state index contributed by atoms with van der Waals surface area (Å²) in [5.74, 6) is 1.14. The van der Waals surface area contributed by atoms with Gasteiger partial charge in [-0.15, -0.1) is 0 Å². The molecule has 3 aromatic heterocycles. The van der Waals surface area contributed by atoms with Crippen molar-refractivity contribution in [3.63, 3.8) is 0 Å². The van der Waals surface area contributed by atoms with Crippen LogP contribution in [0, 0.1) is 13.8 Å². The molecule has 0 radical (unpaired) electrons. The SMILES string of the molecule is Cc1cc(-c2cnc(N)c(Oc3cnn(C4CCN(C)CC4)c3)n2)cc(C)c1CNc1cn[nH]c1. The smallest absolute Gasteiger partial charge is 0.263 e. The van der Waals surface area contributed by atoms with Gasteiger partial charge in [-0.2, -0.15) is 10.2 Å². The molecule has 5 rings (SSSR count). The number of nitrogen functional groups attached to an aromatic ring is 1. The summed E-state index contributed by atoms with van der Waals surface area (Å²) in [5.41, 5.74) is 12.3. The Morgan fingerprint density at radius 3 is 2.63 bits per heavy atom. The number of hydrogen-bond donors (Lipinski definition) is 3. The molecule has 1 aliphatic heterocycles. The van der Waals surface area contributed by atoms with Gasteiger partial charge in [0.05, 0.1) is 42.2 Å². The zero-order valence-corrected chi connectivity index (χ0v) is 20.3. The second-order valence-corrected chi connectivity index (χ2v) is 9.17. The molecule has 4 heterocycles. The van der Waals surface area contributed by atoms with E-state index in [0.717, 1.165) is 48.3 Å². The number of piperidine rings is 1. The minimum atomic E-state index is 0.246. The molecule has 10 nitrogen and oxygen atoms in total. The van der Waals surface area contributed by atoms with Crippen LogP contribution in [-0.4, -0.2) is 55.0 Å². The first-order chi connectivity index (χ1) is 17.0. The summed E-state index contributed by atoms with van der Waals surface area (Å²) in [6.45, 7) is 7.04. The Morgan fingerprint density at radius 2 is 1.91 bits per heavy atom. The van der Waals surface area contributed by atoms with Gasteiger partial charge in [-0.05, 0) is 75.6 Å². The molecule has 1 aliphatic rings. The lowest BCUT2D eigenvalue weighted by molar-refractivity contribution is 0.212. The molecular formula is C25H31N9O. The van der Waals surface area contributed by atoms with Crippen molar-refractivity contribution in [2.45, 2.75) is 39.3 Å². The van der Waals surface area contributed by atoms with Crippen molar-refractivity contribution < 1.29 is 4.74 Å². The second kappa shape index (κ2) is 9.75. The van der Waals surface area contributed by atoms with Gasteiger partial charge in [0.1, 0.15) is 0 Å². The van der Waals surface area contributed by atoms with Gasteiger partial charge >= 0.3 is 0 Å². The van der Waals surface area contributed by atoms with Crippen molar-refractivity contribution in [1.29, 1.82) is 0 Å². The van der Waals surface area contributed by atoms with Crippen LogP contribution in [0.1, 0.15) is 35.6 Å². The molecule has 0 aliphatic carbocycles. The summed E-state index contributed by atoms with van der Waals surface area (Å²) < 4.78 is 8.00. The summed E-state index contributed by atoms with van der Waals surface area (Å²) in [4.78, 5) is 11.4. The molecule has 0 saturated carbocycles. The third-order valence-corrected chi connectivity index (χ3v) is 6.58. The minimum absolute atomic E-state index is 0.246. The van der Waals surface area contributed by atoms with E-state index < -0.39 is 0 Å². The van der Waals surface area contributed by atoms with Gasteiger partial charge in [0.2, 0.25) is 0 Å². The number of hydrogen-bond acceptors (Lipinski definition) is 8. The van der Waals surface area contributed by atoms with Crippen LogP contribution in [-0.2, 0) is 6.54 Å². The number of benzene rings is 1. The highest BCUT2D eigenvalue weighted by molar-refractivity contribution is 5.64. The summed E-state index contributed by atoms with van der Waals surface area (Å²) >= 11 is 0. The fourth-order valence-corrected chi connectivity index (χ4v) is 4.50. The fourth-order valence-electron chi connectivity index (χ4n) is 4.50. The van der Waals surface area contributed by atoms with Gasteiger partial charge in [0, 0.05) is 18.3 Å². The van der Waals surface area contributed by atoms with E-state index in [9.17, 15) is 0 Å². The second-order valence-electron chi connectivity index (χ2n) is 9.17. The van der Waals surface area contributed by atoms with Crippen LogP contribution in [0.15, 0.2) is 43.1 Å². The summed E-state index contributed by atoms with van der Waals surface area (Å²) in [7, 11) is 2.15. The molecule has 35 heavy (non-hydrogen) atoms. The maximum Gasteiger partial charge on any atom is 0.263 e. The molecule has 4 aromatic rings. The predicted molar refractivity (Wildman–Crippen MR) is 135 cm³/mol. The highest BCUT2D eigenvalue weighted by Crippen LogP contribution is 2.30. The van der Waals surface area contributed by atoms with Crippen molar-refractivity contribution in [3.8, 4) is 22.9 Å². The van der Waals surface area contributed by atoms with Gasteiger partial charge in [-0.25, -0.2) is 9.97 Å². The largest absolute Gasteiger partial charge is 0.433 e. The number of likely N-dealkylation sites (tertiary alicyclic amines) is 1. The van der Waals surface area contributed by atoms with Crippen LogP contribution in [0.4, 0.5) is 11.5 Å². The molecule has 1 aromatic carbocycles. The Labute approximate surface area is 204 Å². The fraction of sp³-hybridized carbons (Fsp3) is 0.360. The Hall–Kier alpha value is -3.92. The summed E-state index contributed by atoms with van der Waals surface area (Å²) in [6.07, 6.45) is 11.1. The van der Waals surface area contributed by atoms with Crippen molar-refractivity contribution in [1.82, 2.24) is 34.8 Å². The van der Waals surface area contributed by atoms with Gasteiger partial charge in [-0.1, -0.05) is 0 Å². The molecule has 0 unspecified atom stereocenters. The lowest BCUT2D eigenvalue weighted by Crippen LogP contribution is -2.31. The van der Waals surface area contributed by atoms with E-state index >= 15 is 0 Å². The number of aryl methyl sites for hydroxylation is 2. The molecule has 0 spiro atoms. The third kappa shape index (κ3) is 5.12. The van der Waals surface area contributed by atoms with Crippen molar-refractivity contribution in [3.05, 3.63) is 59.8 Å². The number of rotatable bonds is 7. The molecule has 4 N–H and O–H groups in total. The standard InChI is InChI=1S/C25H31N9O/c1-16-8-18(9-17(2)22(16)13-27-19-10-29-30-11-19)23-14-28-24(26)25(32-23)35-21-12-31-34(15-21)20-4-6-33(3)7-5-20/h8-12,14-15,20,27H,4-7,13H2,1-3H3,(H2,26,28)(H,29,30). The lowest BCUT2D eigenvalue weighted by Gasteiger charge is -2.28. The molecule has 0 amide bonds. The van der Waals surface area contributed by atoms with Crippen LogP contribution in [0.2, 0.25) is 0 Å². The molecule has 0 bridgehead atoms. The Bertz CT molecular complexity index is 1270. The van der Waals surface area contributed by atoms with E-state index in [2.05, 4.69) is 68.5 Å². The first-order valence-electron chi connectivity index (χ1n) is 11.8. The lowest BCUT2D eigenvalue weighted by atomic mass is 9.98. The zero-order valence-electron chi connectivity index (χ0n) is 20.3. The first kappa shape index (κ1) is 22.9. The van der Waals surface area contributed by atoms with E-state index in [1.807, 2.05) is 17.1 Å². The number of nitrogens with one attached hydrogen (secondary N) is 2. The Balaban J connectivity index is 1.33. The van der Waals surface area contributed by atoms with E-state index in [-0.39, 0.29) is 11.7 Å². The zero-order chi connectivity index (χ0) is 24.4. The number of H-pyrrole nitrogens is 1. The molecule has 1 saturated heterocycles. The number of anilines is 2. The van der Waals surface area contributed by atoms with Crippen LogP contribution in [0.5, 0.6) is 11.6 Å². The maximum atomic E-state index is 6.10. The highest BCUT2D eigenvalue weighted by Gasteiger charge is 2.20.